The van der Waals surface area contributed by atoms with E-state index >= 15 is 0 Å². The zero-order valence-electron chi connectivity index (χ0n) is 16.0. The van der Waals surface area contributed by atoms with Crippen molar-refractivity contribution in [2.24, 2.45) is 0 Å². The number of carbonyl (C=O) groups is 2. The van der Waals surface area contributed by atoms with Gasteiger partial charge in [-0.2, -0.15) is 18.3 Å². The first kappa shape index (κ1) is 21.8. The highest BCUT2D eigenvalue weighted by Crippen LogP contribution is 2.24. The highest BCUT2D eigenvalue weighted by Gasteiger charge is 2.38. The number of carboxylic acids is 1. The zero-order valence-corrected chi connectivity index (χ0v) is 16.0. The Kier molecular flexibility index (Phi) is 5.95. The average Bonchev–Trinajstić information content (AvgIpc) is 3.04. The van der Waals surface area contributed by atoms with Gasteiger partial charge in [-0.1, -0.05) is 0 Å². The van der Waals surface area contributed by atoms with Crippen LogP contribution < -0.4 is 10.2 Å². The molecule has 164 valence electrons. The Morgan fingerprint density at radius 2 is 1.90 bits per heavy atom. The topological polar surface area (TPSA) is 133 Å². The number of halogens is 3. The Bertz CT molecular complexity index is 1110. The summed E-state index contributed by atoms with van der Waals surface area (Å²) in [6, 6.07) is 5.00. The summed E-state index contributed by atoms with van der Waals surface area (Å²) in [6.45, 7) is 3.24. The Hall–Kier alpha value is -3.90. The Labute approximate surface area is 173 Å². The van der Waals surface area contributed by atoms with E-state index in [0.717, 1.165) is 17.0 Å². The van der Waals surface area contributed by atoms with Crippen molar-refractivity contribution in [3.05, 3.63) is 48.2 Å². The normalized spacial score (nSPS) is 13.9. The minimum absolute atomic E-state index is 0.00928. The molecule has 1 amide bonds. The van der Waals surface area contributed by atoms with Gasteiger partial charge in [0.2, 0.25) is 0 Å². The lowest BCUT2D eigenvalue weighted by molar-refractivity contribution is -0.192. The van der Waals surface area contributed by atoms with Gasteiger partial charge in [0.25, 0.3) is 5.91 Å². The largest absolute Gasteiger partial charge is 0.505 e. The van der Waals surface area contributed by atoms with E-state index in [9.17, 15) is 23.1 Å². The van der Waals surface area contributed by atoms with Crippen molar-refractivity contribution in [3.63, 3.8) is 0 Å². The van der Waals surface area contributed by atoms with Gasteiger partial charge in [0, 0.05) is 31.7 Å². The molecular formula is C18H17F3N6O4. The van der Waals surface area contributed by atoms with E-state index in [0.29, 0.717) is 13.1 Å². The molecule has 10 nitrogen and oxygen atoms in total. The number of hydrogen-bond donors (Lipinski definition) is 3. The maximum atomic E-state index is 12.1. The molecule has 31 heavy (non-hydrogen) atoms. The minimum Gasteiger partial charge on any atom is -0.505 e. The number of alkyl halides is 3. The predicted molar refractivity (Wildman–Crippen MR) is 101 cm³/mol. The minimum atomic E-state index is -5.08. The lowest BCUT2D eigenvalue weighted by Gasteiger charge is -2.40. The van der Waals surface area contributed by atoms with Crippen LogP contribution in [-0.2, 0) is 4.79 Å². The van der Waals surface area contributed by atoms with Crippen molar-refractivity contribution in [2.75, 3.05) is 18.0 Å². The number of carboxylic acid groups (broad SMARTS) is 1. The fraction of sp³-hybridized carbons (Fsp3) is 0.278. The molecule has 4 rings (SSSR count). The lowest BCUT2D eigenvalue weighted by Crippen LogP contribution is -2.59. The number of aliphatic carboxylic acids is 1. The van der Waals surface area contributed by atoms with Gasteiger partial charge in [-0.3, -0.25) is 4.79 Å². The molecule has 0 aromatic carbocycles. The van der Waals surface area contributed by atoms with Crippen molar-refractivity contribution in [1.82, 2.24) is 24.9 Å². The van der Waals surface area contributed by atoms with Crippen molar-refractivity contribution < 1.29 is 33.0 Å². The summed E-state index contributed by atoms with van der Waals surface area (Å²) in [5.74, 6) is -2.40. The third-order valence-electron chi connectivity index (χ3n) is 4.25. The first-order valence-corrected chi connectivity index (χ1v) is 8.87. The zero-order chi connectivity index (χ0) is 22.8. The van der Waals surface area contributed by atoms with Gasteiger partial charge in [-0.25, -0.2) is 19.3 Å². The molecule has 0 atom stereocenters. The molecule has 0 radical (unpaired) electrons. The van der Waals surface area contributed by atoms with Crippen LogP contribution in [0, 0.1) is 6.92 Å². The third-order valence-corrected chi connectivity index (χ3v) is 4.25. The fourth-order valence-electron chi connectivity index (χ4n) is 2.84. The SMILES string of the molecule is Cc1cc2c(N3CC(NC(=O)c4ncccc4O)C3)nccn2n1.O=C(O)C(F)(F)F. The molecule has 1 aliphatic heterocycles. The molecule has 1 fully saturated rings. The lowest BCUT2D eigenvalue weighted by atomic mass is 10.1. The van der Waals surface area contributed by atoms with Crippen LogP contribution in [0.1, 0.15) is 16.2 Å². The summed E-state index contributed by atoms with van der Waals surface area (Å²) in [5.41, 5.74) is 1.92. The molecule has 4 heterocycles. The van der Waals surface area contributed by atoms with Crippen LogP contribution >= 0.6 is 0 Å². The van der Waals surface area contributed by atoms with Crippen molar-refractivity contribution in [3.8, 4) is 5.75 Å². The van der Waals surface area contributed by atoms with E-state index in [4.69, 9.17) is 9.90 Å². The number of aromatic nitrogens is 4. The maximum Gasteiger partial charge on any atom is 0.490 e. The Morgan fingerprint density at radius 1 is 1.23 bits per heavy atom. The molecular weight excluding hydrogens is 421 g/mol. The Balaban J connectivity index is 0.000000339. The van der Waals surface area contributed by atoms with E-state index < -0.39 is 12.1 Å². The quantitative estimate of drug-likeness (QED) is 0.559. The van der Waals surface area contributed by atoms with Gasteiger partial charge < -0.3 is 20.4 Å². The van der Waals surface area contributed by atoms with Crippen LogP contribution in [0.3, 0.4) is 0 Å². The van der Waals surface area contributed by atoms with Crippen LogP contribution in [0.25, 0.3) is 5.52 Å². The number of aryl methyl sites for hydroxylation is 1. The second-order valence-corrected chi connectivity index (χ2v) is 6.62. The van der Waals surface area contributed by atoms with E-state index in [-0.39, 0.29) is 23.4 Å². The number of anilines is 1. The number of rotatable bonds is 3. The summed E-state index contributed by atoms with van der Waals surface area (Å²) in [5, 5.41) is 24.1. The first-order valence-electron chi connectivity index (χ1n) is 8.87. The summed E-state index contributed by atoms with van der Waals surface area (Å²) >= 11 is 0. The number of nitrogens with zero attached hydrogens (tertiary/aromatic N) is 5. The molecule has 0 unspecified atom stereocenters. The van der Waals surface area contributed by atoms with Crippen LogP contribution in [0.5, 0.6) is 5.75 Å². The summed E-state index contributed by atoms with van der Waals surface area (Å²) < 4.78 is 33.5. The second kappa shape index (κ2) is 8.45. The van der Waals surface area contributed by atoms with E-state index in [1.54, 1.807) is 16.8 Å². The van der Waals surface area contributed by atoms with Crippen molar-refractivity contribution in [1.29, 1.82) is 0 Å². The van der Waals surface area contributed by atoms with Gasteiger partial charge in [-0.15, -0.1) is 0 Å². The van der Waals surface area contributed by atoms with Gasteiger partial charge in [-0.05, 0) is 25.1 Å². The number of nitrogens with one attached hydrogen (secondary N) is 1. The molecule has 3 N–H and O–H groups in total. The molecule has 1 saturated heterocycles. The molecule has 0 bridgehead atoms. The van der Waals surface area contributed by atoms with Crippen LogP contribution in [0.15, 0.2) is 36.8 Å². The molecule has 3 aromatic heterocycles. The number of hydrogen-bond acceptors (Lipinski definition) is 7. The number of pyridine rings is 1. The monoisotopic (exact) mass is 438 g/mol. The highest BCUT2D eigenvalue weighted by molar-refractivity contribution is 5.95. The number of amides is 1. The molecule has 0 spiro atoms. The fourth-order valence-corrected chi connectivity index (χ4v) is 2.84. The average molecular weight is 438 g/mol. The van der Waals surface area contributed by atoms with Crippen LogP contribution in [0.2, 0.25) is 0 Å². The second-order valence-electron chi connectivity index (χ2n) is 6.62. The molecule has 1 aliphatic rings. The van der Waals surface area contributed by atoms with Gasteiger partial charge in [0.1, 0.15) is 11.3 Å². The molecule has 0 aliphatic carbocycles. The number of carbonyl (C=O) groups excluding carboxylic acids is 1. The standard InChI is InChI=1S/C16H16N6O2.C2HF3O2/c1-10-7-12-15(18-5-6-22(12)20-10)21-8-11(9-21)19-16(24)14-13(23)3-2-4-17-14;3-2(4,5)1(6)7/h2-7,11,23H,8-9H2,1H3,(H,19,24);(H,6,7). The summed E-state index contributed by atoms with van der Waals surface area (Å²) in [6.07, 6.45) is -0.0738. The highest BCUT2D eigenvalue weighted by atomic mass is 19.4. The smallest absolute Gasteiger partial charge is 0.490 e. The van der Waals surface area contributed by atoms with Crippen molar-refractivity contribution >= 4 is 23.2 Å². The molecule has 3 aromatic rings. The van der Waals surface area contributed by atoms with Gasteiger partial charge >= 0.3 is 12.1 Å². The predicted octanol–water partition coefficient (Wildman–Crippen LogP) is 1.39. The molecule has 0 saturated carbocycles. The Morgan fingerprint density at radius 3 is 2.52 bits per heavy atom. The van der Waals surface area contributed by atoms with E-state index in [2.05, 4.69) is 25.3 Å². The van der Waals surface area contributed by atoms with E-state index in [1.807, 2.05) is 19.2 Å². The van der Waals surface area contributed by atoms with Gasteiger partial charge in [0.15, 0.2) is 11.5 Å². The van der Waals surface area contributed by atoms with Gasteiger partial charge in [0.05, 0.1) is 11.7 Å². The first-order chi connectivity index (χ1) is 14.6. The maximum absolute atomic E-state index is 12.1. The summed E-state index contributed by atoms with van der Waals surface area (Å²) in [4.78, 5) is 31.5. The van der Waals surface area contributed by atoms with Crippen LogP contribution in [0.4, 0.5) is 19.0 Å². The number of aromatic hydroxyl groups is 1. The summed E-state index contributed by atoms with van der Waals surface area (Å²) in [7, 11) is 0. The molecule has 13 heteroatoms. The van der Waals surface area contributed by atoms with E-state index in [1.165, 1.54) is 12.3 Å². The van der Waals surface area contributed by atoms with Crippen molar-refractivity contribution in [2.45, 2.75) is 19.1 Å². The third kappa shape index (κ3) is 4.99. The number of fused-ring (bicyclic) bond motifs is 1. The van der Waals surface area contributed by atoms with Crippen LogP contribution in [-0.4, -0.2) is 67.0 Å².